The van der Waals surface area contributed by atoms with Crippen molar-refractivity contribution in [2.45, 2.75) is 20.3 Å². The van der Waals surface area contributed by atoms with E-state index in [0.29, 0.717) is 12.4 Å². The Hall–Kier alpha value is -0.390. The minimum atomic E-state index is -2.50. The van der Waals surface area contributed by atoms with Gasteiger partial charge in [0, 0.05) is 6.61 Å². The zero-order valence-corrected chi connectivity index (χ0v) is 8.06. The second kappa shape index (κ2) is 7.27. The number of rotatable bonds is 6. The molecule has 0 heterocycles. The van der Waals surface area contributed by atoms with Gasteiger partial charge in [-0.25, -0.2) is 4.21 Å². The van der Waals surface area contributed by atoms with E-state index in [1.807, 2.05) is 6.92 Å². The zero-order chi connectivity index (χ0) is 9.40. The van der Waals surface area contributed by atoms with Crippen molar-refractivity contribution in [3.8, 4) is 0 Å². The fourth-order valence-electron chi connectivity index (χ4n) is 0.560. The molecule has 0 N–H and O–H groups in total. The minimum Gasteiger partial charge on any atom is -0.740 e. The summed E-state index contributed by atoms with van der Waals surface area (Å²) in [6.45, 7) is 4.48. The molecule has 0 fully saturated rings. The molecule has 0 aliphatic rings. The van der Waals surface area contributed by atoms with E-state index in [1.54, 1.807) is 13.0 Å². The molecule has 0 aromatic rings. The normalized spacial score (nSPS) is 14.4. The molecule has 0 rings (SSSR count). The highest BCUT2D eigenvalue weighted by Gasteiger charge is 1.96. The average Bonchev–Trinajstić information content (AvgIpc) is 2.02. The number of hydrogen-bond acceptors (Lipinski definition) is 4. The van der Waals surface area contributed by atoms with Crippen LogP contribution in [0, 0.1) is 0 Å². The van der Waals surface area contributed by atoms with Gasteiger partial charge in [-0.3, -0.25) is 0 Å². The Bertz CT molecular complexity index is 167. The van der Waals surface area contributed by atoms with Gasteiger partial charge in [0.1, 0.15) is 23.7 Å². The van der Waals surface area contributed by atoms with E-state index < -0.39 is 11.4 Å². The van der Waals surface area contributed by atoms with Crippen molar-refractivity contribution >= 4 is 11.4 Å². The van der Waals surface area contributed by atoms with E-state index in [1.165, 1.54) is 0 Å². The molecule has 5 heteroatoms. The first-order chi connectivity index (χ1) is 5.70. The first kappa shape index (κ1) is 11.6. The molecule has 0 aromatic heterocycles. The lowest BCUT2D eigenvalue weighted by atomic mass is 10.5. The molecule has 0 saturated heterocycles. The highest BCUT2D eigenvalue weighted by atomic mass is 32.2. The Morgan fingerprint density at radius 1 is 1.67 bits per heavy atom. The highest BCUT2D eigenvalue weighted by molar-refractivity contribution is 7.74. The third-order valence-electron chi connectivity index (χ3n) is 1.09. The Kier molecular flexibility index (Phi) is 7.03. The first-order valence-electron chi connectivity index (χ1n) is 3.71. The van der Waals surface area contributed by atoms with Crippen molar-refractivity contribution in [3.63, 3.8) is 0 Å². The molecule has 12 heavy (non-hydrogen) atoms. The molecule has 1 atom stereocenters. The summed E-state index contributed by atoms with van der Waals surface area (Å²) in [5.74, 6) is 0.316. The van der Waals surface area contributed by atoms with Crippen LogP contribution in [0.2, 0.25) is 0 Å². The molecule has 4 nitrogen and oxygen atoms in total. The van der Waals surface area contributed by atoms with E-state index in [2.05, 4.69) is 4.18 Å². The van der Waals surface area contributed by atoms with Crippen LogP contribution in [-0.4, -0.2) is 22.0 Å². The van der Waals surface area contributed by atoms with Gasteiger partial charge in [0.15, 0.2) is 0 Å². The third kappa shape index (κ3) is 6.33. The maximum Gasteiger partial charge on any atom is 0.139 e. The molecule has 72 valence electrons. The standard InChI is InChI=1S/C7H14O4S/c1-3-5-10-6-7(4-2)11-12(8)9/h4H,3,5-6H2,1-2H3,(H,8,9)/p-1. The van der Waals surface area contributed by atoms with Crippen molar-refractivity contribution in [1.82, 2.24) is 0 Å². The van der Waals surface area contributed by atoms with Crippen LogP contribution in [0.1, 0.15) is 20.3 Å². The van der Waals surface area contributed by atoms with Gasteiger partial charge in [0.05, 0.1) is 0 Å². The topological polar surface area (TPSA) is 58.6 Å². The number of ether oxygens (including phenoxy) is 1. The van der Waals surface area contributed by atoms with Crippen LogP contribution < -0.4 is 0 Å². The first-order valence-corrected chi connectivity index (χ1v) is 4.71. The molecular formula is C7H13O4S-. The van der Waals surface area contributed by atoms with Crippen LogP contribution in [0.3, 0.4) is 0 Å². The average molecular weight is 193 g/mol. The smallest absolute Gasteiger partial charge is 0.139 e. The van der Waals surface area contributed by atoms with Crippen LogP contribution in [0.15, 0.2) is 11.8 Å². The quantitative estimate of drug-likeness (QED) is 0.360. The van der Waals surface area contributed by atoms with Gasteiger partial charge in [-0.2, -0.15) is 0 Å². The van der Waals surface area contributed by atoms with Crippen LogP contribution in [0.5, 0.6) is 0 Å². The Morgan fingerprint density at radius 3 is 2.75 bits per heavy atom. The van der Waals surface area contributed by atoms with Crippen LogP contribution >= 0.6 is 0 Å². The molecular weight excluding hydrogens is 180 g/mol. The summed E-state index contributed by atoms with van der Waals surface area (Å²) in [5.41, 5.74) is 0. The van der Waals surface area contributed by atoms with Gasteiger partial charge < -0.3 is 13.5 Å². The Balaban J connectivity index is 3.62. The van der Waals surface area contributed by atoms with Crippen molar-refractivity contribution in [2.24, 2.45) is 0 Å². The summed E-state index contributed by atoms with van der Waals surface area (Å²) in [6, 6.07) is 0. The minimum absolute atomic E-state index is 0.207. The lowest BCUT2D eigenvalue weighted by Crippen LogP contribution is -2.04. The van der Waals surface area contributed by atoms with E-state index in [9.17, 15) is 8.76 Å². The molecule has 0 aromatic carbocycles. The fraction of sp³-hybridized carbons (Fsp3) is 0.714. The van der Waals surface area contributed by atoms with Crippen LogP contribution in [0.25, 0.3) is 0 Å². The van der Waals surface area contributed by atoms with Gasteiger partial charge in [-0.05, 0) is 19.4 Å². The lowest BCUT2D eigenvalue weighted by molar-refractivity contribution is 0.132. The largest absolute Gasteiger partial charge is 0.740 e. The second-order valence-corrected chi connectivity index (χ2v) is 2.67. The van der Waals surface area contributed by atoms with Gasteiger partial charge in [0.25, 0.3) is 0 Å². The fourth-order valence-corrected chi connectivity index (χ4v) is 0.879. The summed E-state index contributed by atoms with van der Waals surface area (Å²) in [5, 5.41) is 0. The number of hydrogen-bond donors (Lipinski definition) is 0. The maximum atomic E-state index is 10.1. The monoisotopic (exact) mass is 193 g/mol. The third-order valence-corrected chi connectivity index (χ3v) is 1.44. The van der Waals surface area contributed by atoms with Crippen molar-refractivity contribution < 1.29 is 17.7 Å². The molecule has 0 radical (unpaired) electrons. The predicted octanol–water partition coefficient (Wildman–Crippen LogP) is 1.13. The zero-order valence-electron chi connectivity index (χ0n) is 7.24. The van der Waals surface area contributed by atoms with E-state index >= 15 is 0 Å². The van der Waals surface area contributed by atoms with E-state index in [0.717, 1.165) is 6.42 Å². The molecule has 0 aliphatic heterocycles. The van der Waals surface area contributed by atoms with Crippen molar-refractivity contribution in [1.29, 1.82) is 0 Å². The van der Waals surface area contributed by atoms with Gasteiger partial charge in [-0.1, -0.05) is 6.92 Å². The molecule has 0 spiro atoms. The van der Waals surface area contributed by atoms with Crippen molar-refractivity contribution in [3.05, 3.63) is 11.8 Å². The molecule has 0 saturated carbocycles. The van der Waals surface area contributed by atoms with Crippen LogP contribution in [0.4, 0.5) is 0 Å². The SMILES string of the molecule is CC=C(COCCC)OS(=O)[O-]. The molecule has 1 unspecified atom stereocenters. The Labute approximate surface area is 75.1 Å². The van der Waals surface area contributed by atoms with E-state index in [4.69, 9.17) is 4.74 Å². The summed E-state index contributed by atoms with van der Waals surface area (Å²) in [4.78, 5) is 0. The molecule has 0 amide bonds. The maximum absolute atomic E-state index is 10.1. The van der Waals surface area contributed by atoms with Crippen LogP contribution in [-0.2, 0) is 20.3 Å². The van der Waals surface area contributed by atoms with Gasteiger partial charge in [-0.15, -0.1) is 0 Å². The lowest BCUT2D eigenvalue weighted by Gasteiger charge is -2.10. The second-order valence-electron chi connectivity index (χ2n) is 2.10. The number of allylic oxidation sites excluding steroid dienone is 1. The van der Waals surface area contributed by atoms with Gasteiger partial charge >= 0.3 is 0 Å². The summed E-state index contributed by atoms with van der Waals surface area (Å²) in [7, 11) is 0. The molecule has 0 aliphatic carbocycles. The van der Waals surface area contributed by atoms with Gasteiger partial charge in [0.2, 0.25) is 0 Å². The summed E-state index contributed by atoms with van der Waals surface area (Å²) >= 11 is -2.50. The van der Waals surface area contributed by atoms with Crippen molar-refractivity contribution in [2.75, 3.05) is 13.2 Å². The van der Waals surface area contributed by atoms with E-state index in [-0.39, 0.29) is 6.61 Å². The Morgan fingerprint density at radius 2 is 2.33 bits per heavy atom. The summed E-state index contributed by atoms with van der Waals surface area (Å²) in [6.07, 6.45) is 2.46. The predicted molar refractivity (Wildman–Crippen MR) is 44.9 cm³/mol. The highest BCUT2D eigenvalue weighted by Crippen LogP contribution is 2.00. The molecule has 0 bridgehead atoms. The summed E-state index contributed by atoms with van der Waals surface area (Å²) < 4.78 is 29.6.